The first-order chi connectivity index (χ1) is 12.0. The number of hydrogen-bond donors (Lipinski definition) is 0. The Bertz CT molecular complexity index is 740. The molecule has 0 amide bonds. The Balaban J connectivity index is 1.52. The molecule has 0 bridgehead atoms. The zero-order valence-electron chi connectivity index (χ0n) is 15.2. The molecule has 25 heavy (non-hydrogen) atoms. The molecule has 132 valence electrons. The summed E-state index contributed by atoms with van der Waals surface area (Å²) >= 11 is 0. The molecule has 1 aliphatic carbocycles. The van der Waals surface area contributed by atoms with Crippen LogP contribution >= 0.6 is 0 Å². The van der Waals surface area contributed by atoms with Crippen molar-refractivity contribution in [1.82, 2.24) is 0 Å². The van der Waals surface area contributed by atoms with Gasteiger partial charge in [-0.25, -0.2) is 0 Å². The van der Waals surface area contributed by atoms with Gasteiger partial charge in [-0.3, -0.25) is 4.79 Å². The Morgan fingerprint density at radius 3 is 2.72 bits per heavy atom. The first-order valence-electron chi connectivity index (χ1n) is 8.96. The normalized spacial score (nSPS) is 21.4. The largest absolute Gasteiger partial charge is 0.469 e. The third-order valence-electron chi connectivity index (χ3n) is 5.05. The Labute approximate surface area is 149 Å². The van der Waals surface area contributed by atoms with Gasteiger partial charge in [0.1, 0.15) is 12.4 Å². The van der Waals surface area contributed by atoms with Crippen LogP contribution < -0.4 is 0 Å². The minimum atomic E-state index is -0.110. The fraction of sp³-hybridized carbons (Fsp3) is 0.409. The van der Waals surface area contributed by atoms with Crippen molar-refractivity contribution in [3.05, 3.63) is 71.7 Å². The van der Waals surface area contributed by atoms with E-state index in [0.717, 1.165) is 24.2 Å². The van der Waals surface area contributed by atoms with E-state index >= 15 is 0 Å². The molecule has 0 N–H and O–H groups in total. The first kappa shape index (κ1) is 17.5. The van der Waals surface area contributed by atoms with Crippen molar-refractivity contribution in [2.24, 2.45) is 17.3 Å². The Morgan fingerprint density at radius 2 is 2.00 bits per heavy atom. The zero-order chi connectivity index (χ0) is 17.9. The van der Waals surface area contributed by atoms with E-state index in [9.17, 15) is 4.79 Å². The van der Waals surface area contributed by atoms with Gasteiger partial charge in [0, 0.05) is 12.0 Å². The molecular formula is C22H26O3. The van der Waals surface area contributed by atoms with Gasteiger partial charge in [-0.15, -0.1) is 0 Å². The first-order valence-corrected chi connectivity index (χ1v) is 8.96. The lowest BCUT2D eigenvalue weighted by atomic mass is 10.1. The van der Waals surface area contributed by atoms with Crippen LogP contribution in [-0.4, -0.2) is 5.97 Å². The highest BCUT2D eigenvalue weighted by molar-refractivity contribution is 5.78. The van der Waals surface area contributed by atoms with Crippen LogP contribution in [0.15, 0.2) is 59.2 Å². The second-order valence-electron chi connectivity index (χ2n) is 7.35. The summed E-state index contributed by atoms with van der Waals surface area (Å²) in [7, 11) is 0. The quantitative estimate of drug-likeness (QED) is 0.517. The average Bonchev–Trinajstić information content (AvgIpc) is 2.92. The predicted molar refractivity (Wildman–Crippen MR) is 97.9 cm³/mol. The van der Waals surface area contributed by atoms with Crippen molar-refractivity contribution in [3.8, 4) is 0 Å². The molecule has 2 unspecified atom stereocenters. The molecule has 1 fully saturated rings. The van der Waals surface area contributed by atoms with Gasteiger partial charge in [-0.05, 0) is 29.4 Å². The molecule has 0 saturated heterocycles. The molecule has 3 nitrogen and oxygen atoms in total. The summed E-state index contributed by atoms with van der Waals surface area (Å²) in [6.45, 7) is 6.62. The molecule has 2 aromatic rings. The molecular weight excluding hydrogens is 312 g/mol. The van der Waals surface area contributed by atoms with Gasteiger partial charge in [0.05, 0.1) is 12.2 Å². The van der Waals surface area contributed by atoms with Gasteiger partial charge < -0.3 is 9.15 Å². The highest BCUT2D eigenvalue weighted by atomic mass is 16.5. The second kappa shape index (κ2) is 7.30. The zero-order valence-corrected chi connectivity index (χ0v) is 15.2. The van der Waals surface area contributed by atoms with Crippen molar-refractivity contribution in [2.75, 3.05) is 0 Å². The topological polar surface area (TPSA) is 39.4 Å². The highest BCUT2D eigenvalue weighted by Crippen LogP contribution is 2.59. The fourth-order valence-corrected chi connectivity index (χ4v) is 3.41. The van der Waals surface area contributed by atoms with Crippen LogP contribution in [0.5, 0.6) is 0 Å². The lowest BCUT2D eigenvalue weighted by Crippen LogP contribution is -2.10. The van der Waals surface area contributed by atoms with E-state index in [2.05, 4.69) is 45.1 Å². The Hall–Kier alpha value is -2.29. The highest BCUT2D eigenvalue weighted by Gasteiger charge is 2.61. The van der Waals surface area contributed by atoms with Crippen molar-refractivity contribution in [3.63, 3.8) is 0 Å². The Morgan fingerprint density at radius 1 is 1.24 bits per heavy atom. The summed E-state index contributed by atoms with van der Waals surface area (Å²) in [5.41, 5.74) is 2.10. The summed E-state index contributed by atoms with van der Waals surface area (Å²) in [6.07, 6.45) is 7.70. The smallest absolute Gasteiger partial charge is 0.310 e. The third-order valence-corrected chi connectivity index (χ3v) is 5.05. The van der Waals surface area contributed by atoms with E-state index in [1.54, 1.807) is 6.26 Å². The van der Waals surface area contributed by atoms with Crippen LogP contribution in [0.3, 0.4) is 0 Å². The second-order valence-corrected chi connectivity index (χ2v) is 7.35. The van der Waals surface area contributed by atoms with Crippen molar-refractivity contribution in [1.29, 1.82) is 0 Å². The van der Waals surface area contributed by atoms with Crippen LogP contribution in [0.25, 0.3) is 0 Å². The average molecular weight is 338 g/mol. The number of benzene rings is 1. The summed E-state index contributed by atoms with van der Waals surface area (Å²) in [4.78, 5) is 12.4. The minimum absolute atomic E-state index is 0.00236. The maximum Gasteiger partial charge on any atom is 0.310 e. The molecule has 0 spiro atoms. The Kier molecular flexibility index (Phi) is 5.12. The SMILES string of the molecule is CCC=CC1C(C(=O)OCc2coc(Cc3ccccc3)c2)C1(C)C. The van der Waals surface area contributed by atoms with E-state index in [4.69, 9.17) is 9.15 Å². The number of carbonyl (C=O) groups excluding carboxylic acids is 1. The molecule has 1 aliphatic rings. The number of allylic oxidation sites excluding steroid dienone is 2. The number of furan rings is 1. The molecule has 1 saturated carbocycles. The molecule has 3 heteroatoms. The molecule has 2 atom stereocenters. The van der Waals surface area contributed by atoms with Crippen LogP contribution in [0.4, 0.5) is 0 Å². The molecule has 0 radical (unpaired) electrons. The summed E-state index contributed by atoms with van der Waals surface area (Å²) < 4.78 is 11.1. The minimum Gasteiger partial charge on any atom is -0.469 e. The van der Waals surface area contributed by atoms with Gasteiger partial charge >= 0.3 is 5.97 Å². The van der Waals surface area contributed by atoms with Crippen molar-refractivity contribution in [2.45, 2.75) is 40.2 Å². The van der Waals surface area contributed by atoms with Crippen LogP contribution in [0.2, 0.25) is 0 Å². The van der Waals surface area contributed by atoms with E-state index in [-0.39, 0.29) is 29.8 Å². The summed E-state index contributed by atoms with van der Waals surface area (Å²) in [5.74, 6) is 1.03. The standard InChI is InChI=1S/C22H26O3/c1-4-5-11-19-20(22(19,2)3)21(23)25-15-17-13-18(24-14-17)12-16-9-7-6-8-10-16/h5-11,13-14,19-20H,4,12,15H2,1-3H3. The van der Waals surface area contributed by atoms with Crippen molar-refractivity contribution >= 4 is 5.97 Å². The van der Waals surface area contributed by atoms with E-state index in [1.807, 2.05) is 24.3 Å². The van der Waals surface area contributed by atoms with E-state index in [0.29, 0.717) is 0 Å². The van der Waals surface area contributed by atoms with E-state index < -0.39 is 0 Å². The number of esters is 1. The van der Waals surface area contributed by atoms with Crippen LogP contribution in [0.1, 0.15) is 44.1 Å². The van der Waals surface area contributed by atoms with Gasteiger partial charge in [0.25, 0.3) is 0 Å². The predicted octanol–water partition coefficient (Wildman–Crippen LogP) is 5.15. The number of rotatable bonds is 7. The van der Waals surface area contributed by atoms with Gasteiger partial charge in [-0.2, -0.15) is 0 Å². The van der Waals surface area contributed by atoms with Crippen LogP contribution in [-0.2, 0) is 22.6 Å². The number of hydrogen-bond acceptors (Lipinski definition) is 3. The molecule has 3 rings (SSSR count). The maximum absolute atomic E-state index is 12.4. The fourth-order valence-electron chi connectivity index (χ4n) is 3.41. The molecule has 1 heterocycles. The molecule has 0 aliphatic heterocycles. The summed E-state index contributed by atoms with van der Waals surface area (Å²) in [6, 6.07) is 12.1. The molecule has 1 aromatic heterocycles. The van der Waals surface area contributed by atoms with Gasteiger partial charge in [0.15, 0.2) is 0 Å². The van der Waals surface area contributed by atoms with E-state index in [1.165, 1.54) is 5.56 Å². The number of ether oxygens (including phenoxy) is 1. The van der Waals surface area contributed by atoms with Gasteiger partial charge in [-0.1, -0.05) is 63.3 Å². The monoisotopic (exact) mass is 338 g/mol. The lowest BCUT2D eigenvalue weighted by molar-refractivity contribution is -0.147. The van der Waals surface area contributed by atoms with Crippen LogP contribution in [0, 0.1) is 17.3 Å². The molecule has 1 aromatic carbocycles. The van der Waals surface area contributed by atoms with Gasteiger partial charge in [0.2, 0.25) is 0 Å². The third kappa shape index (κ3) is 4.04. The number of carbonyl (C=O) groups is 1. The lowest BCUT2D eigenvalue weighted by Gasteiger charge is -2.03. The summed E-state index contributed by atoms with van der Waals surface area (Å²) in [5, 5.41) is 0. The maximum atomic E-state index is 12.4. The van der Waals surface area contributed by atoms with Crippen molar-refractivity contribution < 1.29 is 13.9 Å².